The molecule has 0 saturated carbocycles. The Morgan fingerprint density at radius 2 is 1.93 bits per heavy atom. The fourth-order valence-corrected chi connectivity index (χ4v) is 3.65. The minimum atomic E-state index is -0.263. The van der Waals surface area contributed by atoms with Crippen LogP contribution >= 0.6 is 0 Å². The van der Waals surface area contributed by atoms with Gasteiger partial charge >= 0.3 is 0 Å². The largest absolute Gasteiger partial charge is 0.378 e. The van der Waals surface area contributed by atoms with Crippen molar-refractivity contribution in [3.63, 3.8) is 0 Å². The highest BCUT2D eigenvalue weighted by atomic mass is 16.5. The summed E-state index contributed by atoms with van der Waals surface area (Å²) in [6, 6.07) is 13.8. The van der Waals surface area contributed by atoms with Crippen molar-refractivity contribution in [3.8, 4) is 0 Å². The van der Waals surface area contributed by atoms with Crippen LogP contribution in [-0.4, -0.2) is 48.3 Å². The van der Waals surface area contributed by atoms with Gasteiger partial charge in [0.1, 0.15) is 0 Å². The predicted molar refractivity (Wildman–Crippen MR) is 113 cm³/mol. The minimum absolute atomic E-state index is 0.263. The summed E-state index contributed by atoms with van der Waals surface area (Å²) in [6.45, 7) is 3.18. The number of carbonyl (C=O) groups excluding carboxylic acids is 1. The zero-order valence-electron chi connectivity index (χ0n) is 16.3. The third-order valence-corrected chi connectivity index (χ3v) is 5.05. The van der Waals surface area contributed by atoms with Gasteiger partial charge in [-0.1, -0.05) is 30.3 Å². The van der Waals surface area contributed by atoms with Crippen molar-refractivity contribution in [2.75, 3.05) is 26.3 Å². The second kappa shape index (κ2) is 9.30. The zero-order valence-corrected chi connectivity index (χ0v) is 16.3. The third-order valence-electron chi connectivity index (χ3n) is 5.05. The van der Waals surface area contributed by atoms with Crippen LogP contribution in [0, 0.1) is 0 Å². The van der Waals surface area contributed by atoms with E-state index < -0.39 is 0 Å². The molecule has 1 amide bonds. The molecule has 6 nitrogen and oxygen atoms in total. The van der Waals surface area contributed by atoms with E-state index in [1.54, 1.807) is 24.5 Å². The van der Waals surface area contributed by atoms with E-state index in [2.05, 4.69) is 50.8 Å². The van der Waals surface area contributed by atoms with Gasteiger partial charge in [0, 0.05) is 31.2 Å². The van der Waals surface area contributed by atoms with E-state index in [0.29, 0.717) is 5.56 Å². The van der Waals surface area contributed by atoms with Crippen LogP contribution < -0.4 is 5.43 Å². The lowest BCUT2D eigenvalue weighted by atomic mass is 10.1. The molecule has 1 N–H and O–H groups in total. The number of ether oxygens (including phenoxy) is 1. The molecule has 4 rings (SSSR count). The van der Waals surface area contributed by atoms with Crippen LogP contribution in [0.3, 0.4) is 0 Å². The van der Waals surface area contributed by atoms with Gasteiger partial charge in [0.15, 0.2) is 0 Å². The minimum Gasteiger partial charge on any atom is -0.378 e. The highest BCUT2D eigenvalue weighted by Crippen LogP contribution is 2.34. The van der Waals surface area contributed by atoms with E-state index in [4.69, 9.17) is 4.74 Å². The quantitative estimate of drug-likeness (QED) is 0.631. The molecule has 2 aromatic rings. The number of hydrogen-bond donors (Lipinski definition) is 1. The molecule has 0 spiro atoms. The smallest absolute Gasteiger partial charge is 0.272 e. The Balaban J connectivity index is 1.56. The fourth-order valence-electron chi connectivity index (χ4n) is 3.65. The first-order valence-corrected chi connectivity index (χ1v) is 9.86. The van der Waals surface area contributed by atoms with Crippen LogP contribution in [0.4, 0.5) is 0 Å². The molecule has 6 heteroatoms. The van der Waals surface area contributed by atoms with Gasteiger partial charge in [0.05, 0.1) is 25.0 Å². The number of carbonyl (C=O) groups is 1. The molecule has 0 bridgehead atoms. The van der Waals surface area contributed by atoms with Crippen LogP contribution in [0.25, 0.3) is 6.08 Å². The van der Waals surface area contributed by atoms with Crippen LogP contribution in [0.15, 0.2) is 76.8 Å². The van der Waals surface area contributed by atoms with Gasteiger partial charge in [-0.15, -0.1) is 0 Å². The number of nitrogens with zero attached hydrogens (tertiary/aromatic N) is 3. The van der Waals surface area contributed by atoms with E-state index in [0.717, 1.165) is 44.7 Å². The Morgan fingerprint density at radius 1 is 1.10 bits per heavy atom. The summed E-state index contributed by atoms with van der Waals surface area (Å²) < 4.78 is 5.53. The first-order valence-electron chi connectivity index (χ1n) is 9.86. The lowest BCUT2D eigenvalue weighted by Crippen LogP contribution is -2.36. The molecule has 1 fully saturated rings. The molecule has 1 aliphatic heterocycles. The Morgan fingerprint density at radius 3 is 2.69 bits per heavy atom. The van der Waals surface area contributed by atoms with Gasteiger partial charge < -0.3 is 9.64 Å². The normalized spacial score (nSPS) is 18.6. The third kappa shape index (κ3) is 4.78. The standard InChI is InChI=1S/C23H24N4O2/c28-23(21-7-4-10-24-16-21)26-25-17-20-9-8-19(15-18-5-2-1-3-6-18)22(20)27-11-13-29-14-12-27/h1-7,10,15-17H,8-9,11-14H2,(H,26,28). The summed E-state index contributed by atoms with van der Waals surface area (Å²) in [4.78, 5) is 18.5. The summed E-state index contributed by atoms with van der Waals surface area (Å²) in [5.74, 6) is -0.263. The topological polar surface area (TPSA) is 66.8 Å². The lowest BCUT2D eigenvalue weighted by Gasteiger charge is -2.31. The van der Waals surface area contributed by atoms with Gasteiger partial charge in [-0.25, -0.2) is 5.43 Å². The first kappa shape index (κ1) is 19.1. The summed E-state index contributed by atoms with van der Waals surface area (Å²) in [6.07, 6.45) is 9.06. The van der Waals surface area contributed by atoms with Gasteiger partial charge in [-0.3, -0.25) is 9.78 Å². The fraction of sp³-hybridized carbons (Fsp3) is 0.261. The summed E-state index contributed by atoms with van der Waals surface area (Å²) in [5, 5.41) is 4.22. The van der Waals surface area contributed by atoms with Crippen molar-refractivity contribution in [1.29, 1.82) is 0 Å². The van der Waals surface area contributed by atoms with Crippen molar-refractivity contribution in [1.82, 2.24) is 15.3 Å². The van der Waals surface area contributed by atoms with Gasteiger partial charge in [-0.05, 0) is 47.8 Å². The number of nitrogens with one attached hydrogen (secondary N) is 1. The van der Waals surface area contributed by atoms with E-state index >= 15 is 0 Å². The van der Waals surface area contributed by atoms with Crippen molar-refractivity contribution in [2.24, 2.45) is 5.10 Å². The second-order valence-electron chi connectivity index (χ2n) is 6.99. The summed E-state index contributed by atoms with van der Waals surface area (Å²) in [5.41, 5.74) is 7.95. The van der Waals surface area contributed by atoms with Crippen LogP contribution in [0.1, 0.15) is 28.8 Å². The van der Waals surface area contributed by atoms with E-state index in [1.807, 2.05) is 6.07 Å². The van der Waals surface area contributed by atoms with Crippen molar-refractivity contribution < 1.29 is 9.53 Å². The number of allylic oxidation sites excluding steroid dienone is 2. The Labute approximate surface area is 170 Å². The zero-order chi connectivity index (χ0) is 19.9. The van der Waals surface area contributed by atoms with Crippen molar-refractivity contribution in [3.05, 3.63) is 82.8 Å². The van der Waals surface area contributed by atoms with Gasteiger partial charge in [-0.2, -0.15) is 5.10 Å². The molecule has 1 aliphatic carbocycles. The molecule has 2 heterocycles. The maximum atomic E-state index is 12.2. The number of rotatable bonds is 5. The Kier molecular flexibility index (Phi) is 6.12. The SMILES string of the molecule is O=C(NN=CC1=C(N2CCOCC2)C(=Cc2ccccc2)CC1)c1cccnc1. The number of morpholine rings is 1. The molecule has 29 heavy (non-hydrogen) atoms. The first-order chi connectivity index (χ1) is 14.3. The molecule has 1 aromatic carbocycles. The van der Waals surface area contributed by atoms with Crippen LogP contribution in [0.2, 0.25) is 0 Å². The second-order valence-corrected chi connectivity index (χ2v) is 6.99. The number of pyridine rings is 1. The predicted octanol–water partition coefficient (Wildman–Crippen LogP) is 3.26. The number of hydrogen-bond acceptors (Lipinski definition) is 5. The molecular weight excluding hydrogens is 364 g/mol. The highest BCUT2D eigenvalue weighted by molar-refractivity contribution is 5.94. The maximum absolute atomic E-state index is 12.2. The molecular formula is C23H24N4O2. The Bertz CT molecular complexity index is 930. The number of benzene rings is 1. The summed E-state index contributed by atoms with van der Waals surface area (Å²) >= 11 is 0. The molecule has 0 unspecified atom stereocenters. The highest BCUT2D eigenvalue weighted by Gasteiger charge is 2.25. The monoisotopic (exact) mass is 388 g/mol. The molecule has 148 valence electrons. The van der Waals surface area contributed by atoms with Crippen LogP contribution in [0.5, 0.6) is 0 Å². The Hall–Kier alpha value is -3.25. The molecule has 1 aromatic heterocycles. The van der Waals surface area contributed by atoms with E-state index in [9.17, 15) is 4.79 Å². The maximum Gasteiger partial charge on any atom is 0.272 e. The lowest BCUT2D eigenvalue weighted by molar-refractivity contribution is 0.0548. The van der Waals surface area contributed by atoms with Gasteiger partial charge in [0.2, 0.25) is 0 Å². The number of aromatic nitrogens is 1. The molecule has 0 atom stereocenters. The van der Waals surface area contributed by atoms with E-state index in [1.165, 1.54) is 23.0 Å². The average Bonchev–Trinajstić information content (AvgIpc) is 3.18. The molecule has 2 aliphatic rings. The molecule has 0 radical (unpaired) electrons. The van der Waals surface area contributed by atoms with Crippen molar-refractivity contribution in [2.45, 2.75) is 12.8 Å². The summed E-state index contributed by atoms with van der Waals surface area (Å²) in [7, 11) is 0. The van der Waals surface area contributed by atoms with Gasteiger partial charge in [0.25, 0.3) is 5.91 Å². The average molecular weight is 388 g/mol. The van der Waals surface area contributed by atoms with E-state index in [-0.39, 0.29) is 5.91 Å². The number of hydrazone groups is 1. The van der Waals surface area contributed by atoms with Crippen molar-refractivity contribution >= 4 is 18.2 Å². The van der Waals surface area contributed by atoms with Crippen LogP contribution in [-0.2, 0) is 4.74 Å². The molecule has 1 saturated heterocycles. The number of amides is 1.